The van der Waals surface area contributed by atoms with Crippen LogP contribution in [0.5, 0.6) is 5.75 Å². The lowest BCUT2D eigenvalue weighted by molar-refractivity contribution is -0.137. The molecule has 0 atom stereocenters. The summed E-state index contributed by atoms with van der Waals surface area (Å²) in [6, 6.07) is 13.0. The maximum atomic E-state index is 12.9. The van der Waals surface area contributed by atoms with E-state index in [2.05, 4.69) is 10.00 Å². The Bertz CT molecular complexity index is 1150. The first-order chi connectivity index (χ1) is 16.2. The van der Waals surface area contributed by atoms with E-state index in [1.54, 1.807) is 27.9 Å². The van der Waals surface area contributed by atoms with Crippen molar-refractivity contribution in [2.75, 3.05) is 26.2 Å². The van der Waals surface area contributed by atoms with E-state index in [1.807, 2.05) is 32.0 Å². The van der Waals surface area contributed by atoms with E-state index in [1.165, 1.54) is 12.1 Å². The predicted octanol–water partition coefficient (Wildman–Crippen LogP) is 4.51. The fraction of sp³-hybridized carbons (Fsp3) is 0.360. The maximum absolute atomic E-state index is 12.9. The van der Waals surface area contributed by atoms with Gasteiger partial charge in [0.1, 0.15) is 5.75 Å². The number of aromatic nitrogens is 2. The molecule has 6 nitrogen and oxygen atoms in total. The van der Waals surface area contributed by atoms with Crippen molar-refractivity contribution >= 4 is 5.91 Å². The highest BCUT2D eigenvalue weighted by molar-refractivity contribution is 5.92. The molecular weight excluding hydrogens is 445 g/mol. The number of hydrogen-bond donors (Lipinski definition) is 0. The molecule has 0 spiro atoms. The molecule has 34 heavy (non-hydrogen) atoms. The fourth-order valence-corrected chi connectivity index (χ4v) is 3.92. The first-order valence-electron chi connectivity index (χ1n) is 11.1. The van der Waals surface area contributed by atoms with E-state index in [4.69, 9.17) is 4.74 Å². The van der Waals surface area contributed by atoms with Gasteiger partial charge in [-0.2, -0.15) is 18.3 Å². The maximum Gasteiger partial charge on any atom is 0.416 e. The average Bonchev–Trinajstić information content (AvgIpc) is 3.28. The third-order valence-electron chi connectivity index (χ3n) is 5.88. The van der Waals surface area contributed by atoms with Crippen molar-refractivity contribution < 1.29 is 22.7 Å². The molecule has 1 aliphatic rings. The molecular formula is C25H27F3N4O2. The van der Waals surface area contributed by atoms with Crippen molar-refractivity contribution in [2.45, 2.75) is 33.3 Å². The zero-order valence-corrected chi connectivity index (χ0v) is 19.2. The van der Waals surface area contributed by atoms with Gasteiger partial charge in [-0.25, -0.2) is 4.68 Å². The minimum Gasteiger partial charge on any atom is -0.471 e. The Morgan fingerprint density at radius 1 is 1.03 bits per heavy atom. The SMILES string of the molecule is Cc1ccc(C)c(OCn2ccc(C(=O)N3CCN(Cc4cccc(C(F)(F)F)c4)CC3)n2)c1. The van der Waals surface area contributed by atoms with Gasteiger partial charge in [-0.3, -0.25) is 9.69 Å². The highest BCUT2D eigenvalue weighted by Crippen LogP contribution is 2.30. The van der Waals surface area contributed by atoms with E-state index in [0.29, 0.717) is 44.0 Å². The normalized spacial score (nSPS) is 14.9. The summed E-state index contributed by atoms with van der Waals surface area (Å²) in [5.74, 6) is 0.615. The number of aryl methyl sites for hydroxylation is 2. The molecule has 4 rings (SSSR count). The van der Waals surface area contributed by atoms with Crippen molar-refractivity contribution in [3.8, 4) is 5.75 Å². The third kappa shape index (κ3) is 5.77. The number of carbonyl (C=O) groups excluding carboxylic acids is 1. The van der Waals surface area contributed by atoms with Crippen LogP contribution in [0, 0.1) is 13.8 Å². The van der Waals surface area contributed by atoms with Crippen molar-refractivity contribution in [1.29, 1.82) is 0 Å². The molecule has 1 amide bonds. The van der Waals surface area contributed by atoms with Crippen LogP contribution in [0.25, 0.3) is 0 Å². The number of rotatable bonds is 6. The van der Waals surface area contributed by atoms with Crippen molar-refractivity contribution in [3.63, 3.8) is 0 Å². The van der Waals surface area contributed by atoms with Crippen LogP contribution in [0.3, 0.4) is 0 Å². The second-order valence-electron chi connectivity index (χ2n) is 8.55. The summed E-state index contributed by atoms with van der Waals surface area (Å²) in [6.45, 7) is 6.72. The summed E-state index contributed by atoms with van der Waals surface area (Å²) in [4.78, 5) is 16.6. The molecule has 2 aromatic carbocycles. The molecule has 1 aliphatic heterocycles. The Morgan fingerprint density at radius 2 is 1.79 bits per heavy atom. The van der Waals surface area contributed by atoms with Crippen LogP contribution in [0.4, 0.5) is 13.2 Å². The van der Waals surface area contributed by atoms with Crippen LogP contribution in [0.15, 0.2) is 54.7 Å². The predicted molar refractivity (Wildman–Crippen MR) is 121 cm³/mol. The molecule has 1 fully saturated rings. The van der Waals surface area contributed by atoms with E-state index in [-0.39, 0.29) is 12.6 Å². The summed E-state index contributed by atoms with van der Waals surface area (Å²) >= 11 is 0. The standard InChI is InChI=1S/C25H27F3N4O2/c1-18-6-7-19(2)23(14-18)34-17-32-9-8-22(29-32)24(33)31-12-10-30(11-13-31)16-20-4-3-5-21(15-20)25(26,27)28/h3-9,14-15H,10-13,16-17H2,1-2H3. The molecule has 180 valence electrons. The number of ether oxygens (including phenoxy) is 1. The number of piperazine rings is 1. The number of alkyl halides is 3. The second kappa shape index (κ2) is 9.89. The summed E-state index contributed by atoms with van der Waals surface area (Å²) in [5.41, 5.74) is 2.44. The summed E-state index contributed by atoms with van der Waals surface area (Å²) in [5, 5.41) is 4.35. The molecule has 2 heterocycles. The van der Waals surface area contributed by atoms with Gasteiger partial charge in [-0.15, -0.1) is 0 Å². The van der Waals surface area contributed by atoms with Crippen LogP contribution < -0.4 is 4.74 Å². The van der Waals surface area contributed by atoms with E-state index in [9.17, 15) is 18.0 Å². The van der Waals surface area contributed by atoms with Gasteiger partial charge in [0, 0.05) is 38.9 Å². The molecule has 9 heteroatoms. The Hall–Kier alpha value is -3.33. The van der Waals surface area contributed by atoms with Crippen LogP contribution in [-0.2, 0) is 19.5 Å². The van der Waals surface area contributed by atoms with Crippen molar-refractivity contribution in [1.82, 2.24) is 19.6 Å². The topological polar surface area (TPSA) is 50.6 Å². The Morgan fingerprint density at radius 3 is 2.53 bits per heavy atom. The first-order valence-corrected chi connectivity index (χ1v) is 11.1. The van der Waals surface area contributed by atoms with Gasteiger partial charge in [-0.05, 0) is 48.7 Å². The largest absolute Gasteiger partial charge is 0.471 e. The highest BCUT2D eigenvalue weighted by Gasteiger charge is 2.30. The van der Waals surface area contributed by atoms with Gasteiger partial charge >= 0.3 is 6.18 Å². The minimum absolute atomic E-state index is 0.163. The molecule has 0 aliphatic carbocycles. The smallest absolute Gasteiger partial charge is 0.416 e. The number of hydrogen-bond acceptors (Lipinski definition) is 4. The van der Waals surface area contributed by atoms with Gasteiger partial charge < -0.3 is 9.64 Å². The van der Waals surface area contributed by atoms with Gasteiger partial charge in [0.2, 0.25) is 0 Å². The number of carbonyl (C=O) groups is 1. The monoisotopic (exact) mass is 472 g/mol. The lowest BCUT2D eigenvalue weighted by Gasteiger charge is -2.34. The van der Waals surface area contributed by atoms with Crippen LogP contribution in [0.2, 0.25) is 0 Å². The molecule has 0 bridgehead atoms. The lowest BCUT2D eigenvalue weighted by atomic mass is 10.1. The van der Waals surface area contributed by atoms with E-state index < -0.39 is 11.7 Å². The average molecular weight is 473 g/mol. The lowest BCUT2D eigenvalue weighted by Crippen LogP contribution is -2.48. The van der Waals surface area contributed by atoms with Gasteiger partial charge in [0.05, 0.1) is 5.56 Å². The van der Waals surface area contributed by atoms with Gasteiger partial charge in [0.15, 0.2) is 12.4 Å². The van der Waals surface area contributed by atoms with Crippen LogP contribution in [0.1, 0.15) is 32.7 Å². The summed E-state index contributed by atoms with van der Waals surface area (Å²) in [6.07, 6.45) is -2.64. The molecule has 0 radical (unpaired) electrons. The molecule has 0 N–H and O–H groups in total. The molecule has 0 saturated carbocycles. The minimum atomic E-state index is -4.35. The summed E-state index contributed by atoms with van der Waals surface area (Å²) in [7, 11) is 0. The van der Waals surface area contributed by atoms with E-state index >= 15 is 0 Å². The number of benzene rings is 2. The molecule has 0 unspecified atom stereocenters. The molecule has 1 aromatic heterocycles. The molecule has 3 aromatic rings. The van der Waals surface area contributed by atoms with E-state index in [0.717, 1.165) is 22.9 Å². The van der Waals surface area contributed by atoms with Gasteiger partial charge in [-0.1, -0.05) is 30.3 Å². The quantitative estimate of drug-likeness (QED) is 0.530. The zero-order valence-electron chi connectivity index (χ0n) is 19.2. The fourth-order valence-electron chi connectivity index (χ4n) is 3.92. The van der Waals surface area contributed by atoms with Gasteiger partial charge in [0.25, 0.3) is 5.91 Å². The van der Waals surface area contributed by atoms with Crippen LogP contribution in [-0.4, -0.2) is 51.7 Å². The zero-order chi connectivity index (χ0) is 24.3. The van der Waals surface area contributed by atoms with Crippen molar-refractivity contribution in [3.05, 3.63) is 82.7 Å². The number of amides is 1. The highest BCUT2D eigenvalue weighted by atomic mass is 19.4. The summed E-state index contributed by atoms with van der Waals surface area (Å²) < 4.78 is 46.3. The third-order valence-corrected chi connectivity index (χ3v) is 5.88. The van der Waals surface area contributed by atoms with Crippen molar-refractivity contribution in [2.24, 2.45) is 0 Å². The second-order valence-corrected chi connectivity index (χ2v) is 8.55. The number of halogens is 3. The Balaban J connectivity index is 1.29. The van der Waals surface area contributed by atoms with Crippen LogP contribution >= 0.6 is 0 Å². The Kier molecular flexibility index (Phi) is 6.92. The Labute approximate surface area is 196 Å². The molecule has 1 saturated heterocycles. The number of nitrogens with zero attached hydrogens (tertiary/aromatic N) is 4. The first kappa shape index (κ1) is 23.8.